The van der Waals surface area contributed by atoms with E-state index in [1.54, 1.807) is 0 Å². The second-order valence-corrected chi connectivity index (χ2v) is 10.4. The Morgan fingerprint density at radius 1 is 1.12 bits per heavy atom. The predicted molar refractivity (Wildman–Crippen MR) is 134 cm³/mol. The van der Waals surface area contributed by atoms with Crippen LogP contribution in [0.3, 0.4) is 0 Å². The second kappa shape index (κ2) is 10.7. The van der Waals surface area contributed by atoms with Crippen LogP contribution in [0.2, 0.25) is 0 Å². The SMILES string of the molecule is CC(C)(C)C(=O)Oc1ccc2c(c1)CCCC=C2c1ccc(OC2CCN(CCCF)C2)cc1. The van der Waals surface area contributed by atoms with Gasteiger partial charge in [-0.1, -0.05) is 24.3 Å². The van der Waals surface area contributed by atoms with Crippen molar-refractivity contribution in [2.75, 3.05) is 26.3 Å². The Morgan fingerprint density at radius 3 is 2.62 bits per heavy atom. The van der Waals surface area contributed by atoms with Crippen molar-refractivity contribution in [1.29, 1.82) is 0 Å². The van der Waals surface area contributed by atoms with Gasteiger partial charge in [0.15, 0.2) is 0 Å². The van der Waals surface area contributed by atoms with Gasteiger partial charge in [-0.2, -0.15) is 0 Å². The molecule has 4 nitrogen and oxygen atoms in total. The zero-order valence-corrected chi connectivity index (χ0v) is 20.6. The van der Waals surface area contributed by atoms with E-state index < -0.39 is 5.41 Å². The Labute approximate surface area is 202 Å². The Hall–Kier alpha value is -2.66. The van der Waals surface area contributed by atoms with Gasteiger partial charge in [0.05, 0.1) is 12.1 Å². The molecule has 0 amide bonds. The highest BCUT2D eigenvalue weighted by Crippen LogP contribution is 2.34. The fraction of sp³-hybridized carbons (Fsp3) is 0.483. The van der Waals surface area contributed by atoms with Gasteiger partial charge in [-0.25, -0.2) is 0 Å². The van der Waals surface area contributed by atoms with Gasteiger partial charge in [0.25, 0.3) is 0 Å². The zero-order valence-electron chi connectivity index (χ0n) is 20.6. The molecule has 2 aliphatic rings. The fourth-order valence-electron chi connectivity index (χ4n) is 4.57. The molecule has 5 heteroatoms. The molecule has 2 aromatic rings. The molecule has 0 spiro atoms. The third kappa shape index (κ3) is 6.06. The highest BCUT2D eigenvalue weighted by atomic mass is 19.1. The molecule has 1 unspecified atom stereocenters. The zero-order chi connectivity index (χ0) is 24.1. The van der Waals surface area contributed by atoms with Gasteiger partial charge in [-0.3, -0.25) is 14.1 Å². The average molecular weight is 466 g/mol. The Morgan fingerprint density at radius 2 is 1.88 bits per heavy atom. The van der Waals surface area contributed by atoms with Crippen molar-refractivity contribution in [3.05, 3.63) is 65.2 Å². The first kappa shape index (κ1) is 24.5. The van der Waals surface area contributed by atoms with E-state index >= 15 is 0 Å². The van der Waals surface area contributed by atoms with Gasteiger partial charge in [0, 0.05) is 19.6 Å². The van der Waals surface area contributed by atoms with Crippen LogP contribution in [-0.2, 0) is 11.2 Å². The summed E-state index contributed by atoms with van der Waals surface area (Å²) < 4.78 is 24.3. The molecule has 0 radical (unpaired) electrons. The van der Waals surface area contributed by atoms with Gasteiger partial charge >= 0.3 is 5.97 Å². The molecule has 1 aliphatic heterocycles. The maximum absolute atomic E-state index is 12.4. The minimum atomic E-state index is -0.535. The van der Waals surface area contributed by atoms with Crippen LogP contribution < -0.4 is 9.47 Å². The van der Waals surface area contributed by atoms with Crippen molar-refractivity contribution >= 4 is 11.5 Å². The summed E-state index contributed by atoms with van der Waals surface area (Å²) in [7, 11) is 0. The van der Waals surface area contributed by atoms with Crippen LogP contribution >= 0.6 is 0 Å². The van der Waals surface area contributed by atoms with Crippen molar-refractivity contribution in [1.82, 2.24) is 4.90 Å². The van der Waals surface area contributed by atoms with Crippen molar-refractivity contribution < 1.29 is 18.7 Å². The summed E-state index contributed by atoms with van der Waals surface area (Å²) >= 11 is 0. The van der Waals surface area contributed by atoms with Crippen molar-refractivity contribution in [2.45, 2.75) is 59.0 Å². The largest absolute Gasteiger partial charge is 0.489 e. The highest BCUT2D eigenvalue weighted by Gasteiger charge is 2.25. The number of aryl methyl sites for hydroxylation is 1. The molecule has 1 fully saturated rings. The summed E-state index contributed by atoms with van der Waals surface area (Å²) in [5, 5.41) is 0. The maximum Gasteiger partial charge on any atom is 0.316 e. The van der Waals surface area contributed by atoms with Crippen LogP contribution in [0, 0.1) is 5.41 Å². The van der Waals surface area contributed by atoms with E-state index in [4.69, 9.17) is 9.47 Å². The molecule has 0 N–H and O–H groups in total. The van der Waals surface area contributed by atoms with Crippen molar-refractivity contribution in [2.24, 2.45) is 5.41 Å². The van der Waals surface area contributed by atoms with Crippen LogP contribution in [0.5, 0.6) is 11.5 Å². The first-order valence-electron chi connectivity index (χ1n) is 12.4. The Balaban J connectivity index is 1.45. The molecule has 1 saturated heterocycles. The molecule has 1 atom stereocenters. The Bertz CT molecular complexity index is 1020. The minimum Gasteiger partial charge on any atom is -0.489 e. The first-order valence-corrected chi connectivity index (χ1v) is 12.4. The van der Waals surface area contributed by atoms with Gasteiger partial charge in [-0.15, -0.1) is 0 Å². The second-order valence-electron chi connectivity index (χ2n) is 10.4. The van der Waals surface area contributed by atoms with Gasteiger partial charge in [0.1, 0.15) is 17.6 Å². The smallest absolute Gasteiger partial charge is 0.316 e. The molecular formula is C29H36FNO3. The number of esters is 1. The highest BCUT2D eigenvalue weighted by molar-refractivity contribution is 5.83. The number of benzene rings is 2. The number of hydrogen-bond donors (Lipinski definition) is 0. The number of halogens is 1. The standard InChI is InChI=1S/C29H36FNO3/c1-29(2,3)28(32)34-24-13-14-27-22(19-24)7-4-5-8-26(27)21-9-11-23(12-10-21)33-25-15-18-31(20-25)17-6-16-30/h8-14,19,25H,4-7,15-18,20H2,1-3H3. The lowest BCUT2D eigenvalue weighted by atomic mass is 9.93. The van der Waals surface area contributed by atoms with Gasteiger partial charge < -0.3 is 9.47 Å². The normalized spacial score (nSPS) is 18.7. The van der Waals surface area contributed by atoms with E-state index in [2.05, 4.69) is 29.2 Å². The van der Waals surface area contributed by atoms with Crippen LogP contribution in [-0.4, -0.2) is 43.3 Å². The third-order valence-corrected chi connectivity index (χ3v) is 6.49. The van der Waals surface area contributed by atoms with Crippen LogP contribution in [0.15, 0.2) is 48.5 Å². The lowest BCUT2D eigenvalue weighted by Gasteiger charge is -2.18. The number of ether oxygens (including phenoxy) is 2. The molecule has 4 rings (SSSR count). The summed E-state index contributed by atoms with van der Waals surface area (Å²) in [6, 6.07) is 14.3. The molecule has 1 heterocycles. The number of carbonyl (C=O) groups is 1. The molecule has 0 bridgehead atoms. The van der Waals surface area contributed by atoms with E-state index in [0.717, 1.165) is 56.6 Å². The number of nitrogens with zero attached hydrogens (tertiary/aromatic N) is 1. The third-order valence-electron chi connectivity index (χ3n) is 6.49. The van der Waals surface area contributed by atoms with Crippen molar-refractivity contribution in [3.63, 3.8) is 0 Å². The maximum atomic E-state index is 12.4. The molecule has 182 valence electrons. The lowest BCUT2D eigenvalue weighted by molar-refractivity contribution is -0.143. The average Bonchev–Trinajstić information content (AvgIpc) is 3.14. The van der Waals surface area contributed by atoms with E-state index in [9.17, 15) is 9.18 Å². The molecule has 2 aromatic carbocycles. The number of carbonyl (C=O) groups excluding carboxylic acids is 1. The number of rotatable bonds is 7. The minimum absolute atomic E-state index is 0.164. The van der Waals surface area contributed by atoms with Gasteiger partial charge in [0.2, 0.25) is 0 Å². The quantitative estimate of drug-likeness (QED) is 0.359. The van der Waals surface area contributed by atoms with Crippen LogP contribution in [0.1, 0.15) is 63.1 Å². The summed E-state index contributed by atoms with van der Waals surface area (Å²) in [6.45, 7) is 7.97. The first-order chi connectivity index (χ1) is 16.3. The molecule has 1 aliphatic carbocycles. The van der Waals surface area contributed by atoms with E-state index in [0.29, 0.717) is 12.2 Å². The molecule has 0 aromatic heterocycles. The number of hydrogen-bond acceptors (Lipinski definition) is 4. The van der Waals surface area contributed by atoms with Gasteiger partial charge in [-0.05, 0) is 99.4 Å². The monoisotopic (exact) mass is 465 g/mol. The number of likely N-dealkylation sites (tertiary alicyclic amines) is 1. The topological polar surface area (TPSA) is 38.8 Å². The van der Waals surface area contributed by atoms with E-state index in [1.165, 1.54) is 16.7 Å². The summed E-state index contributed by atoms with van der Waals surface area (Å²) in [4.78, 5) is 14.6. The number of fused-ring (bicyclic) bond motifs is 1. The predicted octanol–water partition coefficient (Wildman–Crippen LogP) is 6.22. The van der Waals surface area contributed by atoms with Crippen LogP contribution in [0.4, 0.5) is 4.39 Å². The van der Waals surface area contributed by atoms with E-state index in [1.807, 2.05) is 45.0 Å². The van der Waals surface area contributed by atoms with Crippen molar-refractivity contribution in [3.8, 4) is 11.5 Å². The van der Waals surface area contributed by atoms with Crippen LogP contribution in [0.25, 0.3) is 5.57 Å². The van der Waals surface area contributed by atoms with E-state index in [-0.39, 0.29) is 18.7 Å². The molecule has 0 saturated carbocycles. The lowest BCUT2D eigenvalue weighted by Crippen LogP contribution is -2.26. The number of allylic oxidation sites excluding steroid dienone is 1. The molecule has 34 heavy (non-hydrogen) atoms. The summed E-state index contributed by atoms with van der Waals surface area (Å²) in [5.74, 6) is 1.26. The molecular weight excluding hydrogens is 429 g/mol. The fourth-order valence-corrected chi connectivity index (χ4v) is 4.57. The summed E-state index contributed by atoms with van der Waals surface area (Å²) in [5.41, 5.74) is 4.24. The summed E-state index contributed by atoms with van der Waals surface area (Å²) in [6.07, 6.45) is 7.08. The Kier molecular flexibility index (Phi) is 7.72. The number of alkyl halides is 1.